The highest BCUT2D eigenvalue weighted by Gasteiger charge is 2.42. The molecule has 0 N–H and O–H groups in total. The molecule has 0 bridgehead atoms. The van der Waals surface area contributed by atoms with Crippen LogP contribution in [0.25, 0.3) is 11.0 Å². The molecule has 0 fully saturated rings. The molecule has 174 valence electrons. The Bertz CT molecular complexity index is 1200. The number of hydrogen-bond acceptors (Lipinski definition) is 5. The summed E-state index contributed by atoms with van der Waals surface area (Å²) in [6, 6.07) is 14.3. The molecule has 3 aromatic rings. The highest BCUT2D eigenvalue weighted by Crippen LogP contribution is 2.39. The van der Waals surface area contributed by atoms with E-state index < -0.39 is 6.04 Å². The minimum absolute atomic E-state index is 0.147. The molecule has 2 aromatic carbocycles. The molecule has 0 unspecified atom stereocenters. The number of amides is 1. The summed E-state index contributed by atoms with van der Waals surface area (Å²) < 4.78 is 12.0. The average Bonchev–Trinajstić information content (AvgIpc) is 3.06. The third-order valence-electron chi connectivity index (χ3n) is 6.02. The Kier molecular flexibility index (Phi) is 6.84. The largest absolute Gasteiger partial charge is 0.494 e. The standard InChI is InChI=1S/C27H32N2O4/c1-18(2)13-16-32-20-10-7-9-19(17-20)24-23-25(30)21-11-5-6-12-22(21)33-26(23)27(31)29(24)15-8-14-28(3)4/h5-7,9-12,17-18,24H,8,13-16H2,1-4H3/t24-/m0/s1. The molecule has 4 rings (SSSR count). The summed E-state index contributed by atoms with van der Waals surface area (Å²) in [5, 5.41) is 0.494. The van der Waals surface area contributed by atoms with E-state index in [0.717, 1.165) is 30.7 Å². The highest BCUT2D eigenvalue weighted by molar-refractivity contribution is 5.99. The van der Waals surface area contributed by atoms with Crippen LogP contribution in [0.5, 0.6) is 5.75 Å². The summed E-state index contributed by atoms with van der Waals surface area (Å²) in [6.07, 6.45) is 1.75. The van der Waals surface area contributed by atoms with Crippen molar-refractivity contribution in [2.75, 3.05) is 33.8 Å². The van der Waals surface area contributed by atoms with E-state index in [-0.39, 0.29) is 17.1 Å². The van der Waals surface area contributed by atoms with Crippen molar-refractivity contribution >= 4 is 16.9 Å². The van der Waals surface area contributed by atoms with Gasteiger partial charge in [0.15, 0.2) is 5.43 Å². The van der Waals surface area contributed by atoms with Crippen molar-refractivity contribution in [3.8, 4) is 5.75 Å². The maximum atomic E-state index is 13.5. The van der Waals surface area contributed by atoms with Crippen LogP contribution >= 0.6 is 0 Å². The maximum absolute atomic E-state index is 13.5. The van der Waals surface area contributed by atoms with Gasteiger partial charge in [-0.05, 0) is 69.2 Å². The number of para-hydroxylation sites is 1. The Morgan fingerprint density at radius 1 is 1.09 bits per heavy atom. The molecular weight excluding hydrogens is 416 g/mol. The molecule has 1 amide bonds. The van der Waals surface area contributed by atoms with Crippen molar-refractivity contribution in [2.45, 2.75) is 32.7 Å². The molecule has 0 saturated heterocycles. The van der Waals surface area contributed by atoms with Crippen molar-refractivity contribution in [3.63, 3.8) is 0 Å². The molecule has 6 nitrogen and oxygen atoms in total. The van der Waals surface area contributed by atoms with Gasteiger partial charge in [-0.3, -0.25) is 9.59 Å². The second-order valence-corrected chi connectivity index (χ2v) is 9.33. The Balaban J connectivity index is 1.76. The van der Waals surface area contributed by atoms with Gasteiger partial charge in [-0.15, -0.1) is 0 Å². The number of carbonyl (C=O) groups is 1. The molecule has 6 heteroatoms. The number of benzene rings is 2. The van der Waals surface area contributed by atoms with E-state index >= 15 is 0 Å². The van der Waals surface area contributed by atoms with E-state index in [1.165, 1.54) is 0 Å². The fraction of sp³-hybridized carbons (Fsp3) is 0.407. The number of nitrogens with zero attached hydrogens (tertiary/aromatic N) is 2. The molecule has 0 saturated carbocycles. The van der Waals surface area contributed by atoms with Gasteiger partial charge in [-0.25, -0.2) is 0 Å². The lowest BCUT2D eigenvalue weighted by Gasteiger charge is -2.26. The van der Waals surface area contributed by atoms with Gasteiger partial charge in [0.05, 0.1) is 23.6 Å². The zero-order valence-corrected chi connectivity index (χ0v) is 19.8. The number of ether oxygens (including phenoxy) is 1. The van der Waals surface area contributed by atoms with Crippen molar-refractivity contribution in [1.29, 1.82) is 0 Å². The summed E-state index contributed by atoms with van der Waals surface area (Å²) in [6.45, 7) is 6.32. The normalized spacial score (nSPS) is 15.6. The van der Waals surface area contributed by atoms with Gasteiger partial charge in [-0.2, -0.15) is 0 Å². The molecule has 1 aliphatic heterocycles. The quantitative estimate of drug-likeness (QED) is 0.474. The van der Waals surface area contributed by atoms with Gasteiger partial charge >= 0.3 is 0 Å². The summed E-state index contributed by atoms with van der Waals surface area (Å²) >= 11 is 0. The minimum Gasteiger partial charge on any atom is -0.494 e. The molecule has 33 heavy (non-hydrogen) atoms. The van der Waals surface area contributed by atoms with Gasteiger partial charge in [0.1, 0.15) is 11.3 Å². The Morgan fingerprint density at radius 3 is 2.64 bits per heavy atom. The van der Waals surface area contributed by atoms with Gasteiger partial charge in [0.2, 0.25) is 5.76 Å². The van der Waals surface area contributed by atoms with Crippen LogP contribution in [-0.4, -0.2) is 49.5 Å². The topological polar surface area (TPSA) is 63.0 Å². The van der Waals surface area contributed by atoms with Crippen molar-refractivity contribution < 1.29 is 13.9 Å². The van der Waals surface area contributed by atoms with Crippen LogP contribution in [0.1, 0.15) is 54.4 Å². The van der Waals surface area contributed by atoms with Crippen LogP contribution in [0, 0.1) is 5.92 Å². The third kappa shape index (κ3) is 4.81. The number of rotatable bonds is 9. The second-order valence-electron chi connectivity index (χ2n) is 9.33. The number of hydrogen-bond donors (Lipinski definition) is 0. The van der Waals surface area contributed by atoms with E-state index in [1.54, 1.807) is 23.1 Å². The lowest BCUT2D eigenvalue weighted by molar-refractivity contribution is 0.0722. The monoisotopic (exact) mass is 448 g/mol. The van der Waals surface area contributed by atoms with Gasteiger partial charge in [0.25, 0.3) is 5.91 Å². The van der Waals surface area contributed by atoms with Gasteiger partial charge in [-0.1, -0.05) is 38.1 Å². The fourth-order valence-electron chi connectivity index (χ4n) is 4.29. The van der Waals surface area contributed by atoms with E-state index in [0.29, 0.717) is 35.6 Å². The zero-order valence-electron chi connectivity index (χ0n) is 19.8. The summed E-state index contributed by atoms with van der Waals surface area (Å²) in [4.78, 5) is 30.8. The first-order valence-electron chi connectivity index (χ1n) is 11.6. The Labute approximate surface area is 194 Å². The minimum atomic E-state index is -0.496. The van der Waals surface area contributed by atoms with Gasteiger partial charge in [0, 0.05) is 6.54 Å². The van der Waals surface area contributed by atoms with E-state index in [4.69, 9.17) is 9.15 Å². The average molecular weight is 449 g/mol. The van der Waals surface area contributed by atoms with E-state index in [9.17, 15) is 9.59 Å². The SMILES string of the molecule is CC(C)CCOc1cccc([C@H]2c3c(oc4ccccc4c3=O)C(=O)N2CCCN(C)C)c1. The Morgan fingerprint density at radius 2 is 1.88 bits per heavy atom. The molecule has 1 aliphatic rings. The molecule has 1 aromatic heterocycles. The molecule has 1 atom stereocenters. The van der Waals surface area contributed by atoms with Crippen LogP contribution in [-0.2, 0) is 0 Å². The van der Waals surface area contributed by atoms with Crippen molar-refractivity contribution in [2.24, 2.45) is 5.92 Å². The summed E-state index contributed by atoms with van der Waals surface area (Å²) in [7, 11) is 4.02. The maximum Gasteiger partial charge on any atom is 0.290 e. The molecule has 0 spiro atoms. The smallest absolute Gasteiger partial charge is 0.290 e. The van der Waals surface area contributed by atoms with E-state index in [1.807, 2.05) is 44.4 Å². The first-order chi connectivity index (χ1) is 15.9. The van der Waals surface area contributed by atoms with E-state index in [2.05, 4.69) is 18.7 Å². The predicted molar refractivity (Wildman–Crippen MR) is 130 cm³/mol. The molecule has 0 radical (unpaired) electrons. The lowest BCUT2D eigenvalue weighted by Crippen LogP contribution is -2.32. The third-order valence-corrected chi connectivity index (χ3v) is 6.02. The van der Waals surface area contributed by atoms with Crippen LogP contribution in [0.2, 0.25) is 0 Å². The summed E-state index contributed by atoms with van der Waals surface area (Å²) in [5.41, 5.74) is 1.57. The first kappa shape index (κ1) is 23.1. The second kappa shape index (κ2) is 9.79. The fourth-order valence-corrected chi connectivity index (χ4v) is 4.29. The van der Waals surface area contributed by atoms with Crippen LogP contribution in [0.3, 0.4) is 0 Å². The van der Waals surface area contributed by atoms with Crippen molar-refractivity contribution in [1.82, 2.24) is 9.80 Å². The molecular formula is C27H32N2O4. The molecule has 0 aliphatic carbocycles. The summed E-state index contributed by atoms with van der Waals surface area (Å²) in [5.74, 6) is 1.22. The molecule has 2 heterocycles. The zero-order chi connectivity index (χ0) is 23.5. The Hall–Kier alpha value is -3.12. The van der Waals surface area contributed by atoms with Crippen molar-refractivity contribution in [3.05, 3.63) is 75.6 Å². The van der Waals surface area contributed by atoms with Crippen LogP contribution in [0.4, 0.5) is 0 Å². The first-order valence-corrected chi connectivity index (χ1v) is 11.6. The van der Waals surface area contributed by atoms with Crippen LogP contribution in [0.15, 0.2) is 57.7 Å². The van der Waals surface area contributed by atoms with Crippen LogP contribution < -0.4 is 10.2 Å². The predicted octanol–water partition coefficient (Wildman–Crippen LogP) is 4.71. The number of carbonyl (C=O) groups excluding carboxylic acids is 1. The highest BCUT2D eigenvalue weighted by atomic mass is 16.5. The number of fused-ring (bicyclic) bond motifs is 2. The van der Waals surface area contributed by atoms with Gasteiger partial charge < -0.3 is 19.0 Å². The lowest BCUT2D eigenvalue weighted by atomic mass is 9.98.